The minimum absolute atomic E-state index is 0.241. The van der Waals surface area contributed by atoms with Gasteiger partial charge in [0.2, 0.25) is 0 Å². The van der Waals surface area contributed by atoms with Crippen LogP contribution in [0.15, 0.2) is 0 Å². The first-order valence-electron chi connectivity index (χ1n) is 6.73. The van der Waals surface area contributed by atoms with Gasteiger partial charge in [0.1, 0.15) is 0 Å². The molecule has 16 heavy (non-hydrogen) atoms. The highest BCUT2D eigenvalue weighted by Crippen LogP contribution is 2.49. The van der Waals surface area contributed by atoms with E-state index in [2.05, 4.69) is 0 Å². The average Bonchev–Trinajstić information content (AvgIpc) is 2.70. The summed E-state index contributed by atoms with van der Waals surface area (Å²) in [7, 11) is 0. The molecule has 2 fully saturated rings. The van der Waals surface area contributed by atoms with E-state index in [-0.39, 0.29) is 6.03 Å². The summed E-state index contributed by atoms with van der Waals surface area (Å²) in [4.78, 5) is 13.1. The van der Waals surface area contributed by atoms with Crippen LogP contribution in [-0.4, -0.2) is 23.5 Å². The predicted octanol–water partition coefficient (Wildman–Crippen LogP) is 2.89. The molecule has 2 aliphatic carbocycles. The fourth-order valence-electron chi connectivity index (χ4n) is 3.75. The molecule has 1 spiro atoms. The van der Waals surface area contributed by atoms with Crippen LogP contribution in [-0.2, 0) is 0 Å². The Morgan fingerprint density at radius 1 is 1.25 bits per heavy atom. The molecule has 0 bridgehead atoms. The molecule has 2 aliphatic rings. The molecule has 0 aromatic rings. The number of hydrogen-bond donors (Lipinski definition) is 1. The van der Waals surface area contributed by atoms with E-state index in [1.54, 1.807) is 0 Å². The first kappa shape index (κ1) is 11.7. The van der Waals surface area contributed by atoms with Crippen molar-refractivity contribution in [2.75, 3.05) is 6.54 Å². The third kappa shape index (κ3) is 2.18. The van der Waals surface area contributed by atoms with E-state index in [1.165, 1.54) is 38.5 Å². The molecule has 0 saturated heterocycles. The Hall–Kier alpha value is -0.730. The molecule has 2 amide bonds. The lowest BCUT2D eigenvalue weighted by Gasteiger charge is -2.41. The van der Waals surface area contributed by atoms with Crippen LogP contribution in [0.25, 0.3) is 0 Å². The van der Waals surface area contributed by atoms with E-state index in [4.69, 9.17) is 5.73 Å². The lowest BCUT2D eigenvalue weighted by molar-refractivity contribution is 0.111. The predicted molar refractivity (Wildman–Crippen MR) is 65.1 cm³/mol. The number of nitrogens with two attached hydrogens (primary N) is 1. The fourth-order valence-corrected chi connectivity index (χ4v) is 3.75. The first-order valence-corrected chi connectivity index (χ1v) is 6.73. The Kier molecular flexibility index (Phi) is 3.41. The van der Waals surface area contributed by atoms with Gasteiger partial charge in [0.15, 0.2) is 0 Å². The third-order valence-corrected chi connectivity index (χ3v) is 4.74. The molecular weight excluding hydrogens is 200 g/mol. The van der Waals surface area contributed by atoms with Crippen LogP contribution in [0.3, 0.4) is 0 Å². The Labute approximate surface area is 98.4 Å². The Morgan fingerprint density at radius 3 is 2.25 bits per heavy atom. The van der Waals surface area contributed by atoms with Gasteiger partial charge in [0.25, 0.3) is 0 Å². The van der Waals surface area contributed by atoms with E-state index >= 15 is 0 Å². The molecule has 0 aromatic carbocycles. The quantitative estimate of drug-likeness (QED) is 0.770. The van der Waals surface area contributed by atoms with Gasteiger partial charge in [-0.1, -0.05) is 12.8 Å². The van der Waals surface area contributed by atoms with Crippen molar-refractivity contribution in [3.8, 4) is 0 Å². The summed E-state index contributed by atoms with van der Waals surface area (Å²) in [5.41, 5.74) is 6.06. The average molecular weight is 224 g/mol. The van der Waals surface area contributed by atoms with Gasteiger partial charge >= 0.3 is 6.03 Å². The van der Waals surface area contributed by atoms with Crippen molar-refractivity contribution < 1.29 is 4.79 Å². The Bertz CT molecular complexity index is 249. The number of nitrogens with zero attached hydrogens (tertiary/aromatic N) is 1. The molecule has 3 nitrogen and oxygen atoms in total. The zero-order valence-corrected chi connectivity index (χ0v) is 10.4. The highest BCUT2D eigenvalue weighted by Gasteiger charge is 2.39. The Balaban J connectivity index is 1.91. The molecule has 2 saturated carbocycles. The van der Waals surface area contributed by atoms with Crippen molar-refractivity contribution >= 4 is 6.03 Å². The number of urea groups is 1. The van der Waals surface area contributed by atoms with Crippen molar-refractivity contribution in [3.63, 3.8) is 0 Å². The lowest BCUT2D eigenvalue weighted by atomic mass is 9.71. The molecule has 92 valence electrons. The first-order chi connectivity index (χ1) is 7.67. The van der Waals surface area contributed by atoms with Crippen LogP contribution < -0.4 is 5.73 Å². The van der Waals surface area contributed by atoms with E-state index in [0.29, 0.717) is 11.5 Å². The molecule has 0 aromatic heterocycles. The van der Waals surface area contributed by atoms with Crippen LogP contribution in [0.4, 0.5) is 4.79 Å². The SMILES string of the molecule is CCN(C(N)=O)C1CCC2(CCCC2)CC1. The normalized spacial score (nSPS) is 24.8. The van der Waals surface area contributed by atoms with Gasteiger partial charge in [-0.05, 0) is 50.9 Å². The van der Waals surface area contributed by atoms with Crippen LogP contribution in [0.1, 0.15) is 58.3 Å². The summed E-state index contributed by atoms with van der Waals surface area (Å²) in [6.45, 7) is 2.78. The zero-order valence-electron chi connectivity index (χ0n) is 10.4. The zero-order chi connectivity index (χ0) is 11.6. The van der Waals surface area contributed by atoms with Crippen molar-refractivity contribution in [3.05, 3.63) is 0 Å². The molecule has 2 rings (SSSR count). The lowest BCUT2D eigenvalue weighted by Crippen LogP contribution is -2.46. The number of primary amides is 1. The maximum absolute atomic E-state index is 11.3. The van der Waals surface area contributed by atoms with Gasteiger partial charge in [0, 0.05) is 12.6 Å². The minimum Gasteiger partial charge on any atom is -0.351 e. The molecule has 3 heteroatoms. The van der Waals surface area contributed by atoms with Gasteiger partial charge in [-0.3, -0.25) is 0 Å². The topological polar surface area (TPSA) is 46.3 Å². The van der Waals surface area contributed by atoms with Crippen LogP contribution in [0, 0.1) is 5.41 Å². The summed E-state index contributed by atoms with van der Waals surface area (Å²) in [5, 5.41) is 0. The number of amides is 2. The fraction of sp³-hybridized carbons (Fsp3) is 0.923. The van der Waals surface area contributed by atoms with E-state index in [9.17, 15) is 4.79 Å². The molecule has 0 radical (unpaired) electrons. The monoisotopic (exact) mass is 224 g/mol. The third-order valence-electron chi connectivity index (χ3n) is 4.74. The van der Waals surface area contributed by atoms with Gasteiger partial charge < -0.3 is 10.6 Å². The summed E-state index contributed by atoms with van der Waals surface area (Å²) >= 11 is 0. The van der Waals surface area contributed by atoms with E-state index in [1.807, 2.05) is 11.8 Å². The van der Waals surface area contributed by atoms with Crippen molar-refractivity contribution in [2.24, 2.45) is 11.1 Å². The number of rotatable bonds is 2. The van der Waals surface area contributed by atoms with Crippen molar-refractivity contribution in [2.45, 2.75) is 64.3 Å². The van der Waals surface area contributed by atoms with Crippen LogP contribution >= 0.6 is 0 Å². The second kappa shape index (κ2) is 4.64. The summed E-state index contributed by atoms with van der Waals surface area (Å²) < 4.78 is 0. The second-order valence-electron chi connectivity index (χ2n) is 5.56. The smallest absolute Gasteiger partial charge is 0.315 e. The van der Waals surface area contributed by atoms with E-state index < -0.39 is 0 Å². The van der Waals surface area contributed by atoms with Gasteiger partial charge in [-0.15, -0.1) is 0 Å². The highest BCUT2D eigenvalue weighted by molar-refractivity contribution is 5.72. The number of carbonyl (C=O) groups is 1. The van der Waals surface area contributed by atoms with Crippen LogP contribution in [0.2, 0.25) is 0 Å². The van der Waals surface area contributed by atoms with E-state index in [0.717, 1.165) is 19.4 Å². The molecule has 0 aliphatic heterocycles. The Morgan fingerprint density at radius 2 is 1.81 bits per heavy atom. The standard InChI is InChI=1S/C13H24N2O/c1-2-15(12(14)16)11-5-9-13(10-6-11)7-3-4-8-13/h11H,2-10H2,1H3,(H2,14,16). The van der Waals surface area contributed by atoms with Gasteiger partial charge in [-0.2, -0.15) is 0 Å². The van der Waals surface area contributed by atoms with Crippen LogP contribution in [0.5, 0.6) is 0 Å². The number of carbonyl (C=O) groups excluding carboxylic acids is 1. The highest BCUT2D eigenvalue weighted by atomic mass is 16.2. The minimum atomic E-state index is -0.241. The maximum Gasteiger partial charge on any atom is 0.315 e. The molecule has 0 atom stereocenters. The second-order valence-corrected chi connectivity index (χ2v) is 5.56. The summed E-state index contributed by atoms with van der Waals surface area (Å²) in [5.74, 6) is 0. The van der Waals surface area contributed by atoms with Crippen molar-refractivity contribution in [1.82, 2.24) is 4.90 Å². The summed E-state index contributed by atoms with van der Waals surface area (Å²) in [6.07, 6.45) is 10.6. The van der Waals surface area contributed by atoms with Gasteiger partial charge in [0.05, 0.1) is 0 Å². The maximum atomic E-state index is 11.3. The largest absolute Gasteiger partial charge is 0.351 e. The molecular formula is C13H24N2O. The molecule has 0 unspecified atom stereocenters. The van der Waals surface area contributed by atoms with Crippen molar-refractivity contribution in [1.29, 1.82) is 0 Å². The molecule has 2 N–H and O–H groups in total. The summed E-state index contributed by atoms with van der Waals surface area (Å²) in [6, 6.07) is 0.170. The van der Waals surface area contributed by atoms with Gasteiger partial charge in [-0.25, -0.2) is 4.79 Å². The number of hydrogen-bond acceptors (Lipinski definition) is 1. The molecule has 0 heterocycles.